The smallest absolute Gasteiger partial charge is 0.221 e. The summed E-state index contributed by atoms with van der Waals surface area (Å²) in [5, 5.41) is 9.51. The third kappa shape index (κ3) is 2.57. The second-order valence-electron chi connectivity index (χ2n) is 7.00. The molecule has 4 aromatic rings. The molecule has 0 saturated carbocycles. The van der Waals surface area contributed by atoms with Crippen molar-refractivity contribution in [2.75, 3.05) is 0 Å². The third-order valence-corrected chi connectivity index (χ3v) is 5.89. The normalized spacial score (nSPS) is 17.0. The van der Waals surface area contributed by atoms with E-state index in [2.05, 4.69) is 40.8 Å². The molecule has 0 spiro atoms. The summed E-state index contributed by atoms with van der Waals surface area (Å²) in [7, 11) is 0. The van der Waals surface area contributed by atoms with Gasteiger partial charge in [0.05, 0.1) is 23.6 Å². The molecule has 1 aliphatic rings. The molecule has 1 aliphatic heterocycles. The molecule has 0 fully saturated rings. The van der Waals surface area contributed by atoms with Crippen molar-refractivity contribution in [2.45, 2.75) is 32.7 Å². The molecule has 5 rings (SSSR count). The van der Waals surface area contributed by atoms with Crippen LogP contribution in [0.4, 0.5) is 0 Å². The molecule has 1 aromatic carbocycles. The number of hydrogen-bond donors (Lipinski definition) is 1. The molecule has 0 aliphatic carbocycles. The molecule has 4 heterocycles. The van der Waals surface area contributed by atoms with E-state index >= 15 is 0 Å². The van der Waals surface area contributed by atoms with Crippen LogP contribution in [0.3, 0.4) is 0 Å². The Morgan fingerprint density at radius 3 is 2.96 bits per heavy atom. The van der Waals surface area contributed by atoms with E-state index < -0.39 is 0 Å². The molecule has 3 aromatic heterocycles. The van der Waals surface area contributed by atoms with Crippen LogP contribution in [0.1, 0.15) is 40.4 Å². The number of carbonyl (C=O) groups is 1. The van der Waals surface area contributed by atoms with E-state index in [0.29, 0.717) is 13.0 Å². The fraction of sp³-hybridized carbons (Fsp3) is 0.250. The number of aryl methyl sites for hydroxylation is 2. The predicted octanol–water partition coefficient (Wildman–Crippen LogP) is 3.35. The highest BCUT2D eigenvalue weighted by atomic mass is 32.1. The van der Waals surface area contributed by atoms with Gasteiger partial charge < -0.3 is 5.32 Å². The topological polar surface area (TPSA) is 64.2 Å². The van der Waals surface area contributed by atoms with Crippen LogP contribution < -0.4 is 5.32 Å². The second kappa shape index (κ2) is 6.06. The Labute approximate surface area is 160 Å². The highest BCUT2D eigenvalue weighted by Crippen LogP contribution is 2.38. The molecule has 0 bridgehead atoms. The average molecular weight is 377 g/mol. The van der Waals surface area contributed by atoms with Gasteiger partial charge in [0.1, 0.15) is 0 Å². The largest absolute Gasteiger partial charge is 0.350 e. The monoisotopic (exact) mass is 377 g/mol. The number of nitrogens with zero attached hydrogens (tertiary/aromatic N) is 4. The molecule has 6 nitrogen and oxygen atoms in total. The number of rotatable bonds is 2. The zero-order valence-electron chi connectivity index (χ0n) is 15.1. The van der Waals surface area contributed by atoms with Crippen LogP contribution in [0.25, 0.3) is 10.6 Å². The van der Waals surface area contributed by atoms with Crippen LogP contribution in [0.15, 0.2) is 42.2 Å². The minimum Gasteiger partial charge on any atom is -0.350 e. The Hall–Kier alpha value is -2.93. The van der Waals surface area contributed by atoms with Crippen molar-refractivity contribution in [2.24, 2.45) is 0 Å². The summed E-state index contributed by atoms with van der Waals surface area (Å²) in [6.45, 7) is 4.67. The highest BCUT2D eigenvalue weighted by molar-refractivity contribution is 7.15. The lowest BCUT2D eigenvalue weighted by Gasteiger charge is -2.21. The Bertz CT molecular complexity index is 1150. The van der Waals surface area contributed by atoms with Gasteiger partial charge in [-0.25, -0.2) is 9.67 Å². The van der Waals surface area contributed by atoms with Gasteiger partial charge in [-0.05, 0) is 31.0 Å². The van der Waals surface area contributed by atoms with Crippen molar-refractivity contribution in [3.8, 4) is 5.69 Å². The summed E-state index contributed by atoms with van der Waals surface area (Å²) in [5.41, 5.74) is 6.52. The van der Waals surface area contributed by atoms with Gasteiger partial charge in [0.2, 0.25) is 5.91 Å². The molecule has 7 heteroatoms. The van der Waals surface area contributed by atoms with Gasteiger partial charge in [-0.3, -0.25) is 9.20 Å². The van der Waals surface area contributed by atoms with E-state index in [4.69, 9.17) is 4.98 Å². The van der Waals surface area contributed by atoms with Crippen molar-refractivity contribution < 1.29 is 4.79 Å². The van der Waals surface area contributed by atoms with E-state index in [1.807, 2.05) is 28.5 Å². The molecule has 136 valence electrons. The quantitative estimate of drug-likeness (QED) is 0.583. The highest BCUT2D eigenvalue weighted by Gasteiger charge is 2.31. The molecule has 0 saturated heterocycles. The van der Waals surface area contributed by atoms with Crippen LogP contribution >= 0.6 is 11.3 Å². The van der Waals surface area contributed by atoms with Crippen molar-refractivity contribution in [1.29, 1.82) is 0 Å². The Kier molecular flexibility index (Phi) is 3.65. The predicted molar refractivity (Wildman–Crippen MR) is 104 cm³/mol. The van der Waals surface area contributed by atoms with Crippen molar-refractivity contribution in [3.63, 3.8) is 0 Å². The lowest BCUT2D eigenvalue weighted by Crippen LogP contribution is -2.22. The number of thiazole rings is 1. The lowest BCUT2D eigenvalue weighted by molar-refractivity contribution is -0.121. The molecular formula is C20H19N5OS. The molecular weight excluding hydrogens is 358 g/mol. The minimum absolute atomic E-state index is 0.0487. The number of aromatic nitrogens is 4. The summed E-state index contributed by atoms with van der Waals surface area (Å²) in [5.74, 6) is -0.0301. The number of hydrogen-bond acceptors (Lipinski definition) is 4. The van der Waals surface area contributed by atoms with Crippen LogP contribution in [0, 0.1) is 13.8 Å². The van der Waals surface area contributed by atoms with Crippen LogP contribution in [0.2, 0.25) is 0 Å². The number of amides is 1. The minimum atomic E-state index is -0.0788. The van der Waals surface area contributed by atoms with Gasteiger partial charge in [-0.2, -0.15) is 5.10 Å². The molecule has 1 unspecified atom stereocenters. The number of fused-ring (bicyclic) bond motifs is 3. The Balaban J connectivity index is 1.80. The molecule has 0 radical (unpaired) electrons. The molecule has 1 amide bonds. The van der Waals surface area contributed by atoms with Gasteiger partial charge in [0, 0.05) is 36.3 Å². The second-order valence-corrected chi connectivity index (χ2v) is 7.88. The summed E-state index contributed by atoms with van der Waals surface area (Å²) in [4.78, 5) is 18.2. The van der Waals surface area contributed by atoms with Crippen molar-refractivity contribution >= 4 is 22.2 Å². The van der Waals surface area contributed by atoms with Gasteiger partial charge in [-0.15, -0.1) is 11.3 Å². The summed E-state index contributed by atoms with van der Waals surface area (Å²) in [6.07, 6.45) is 6.18. The zero-order valence-corrected chi connectivity index (χ0v) is 16.0. The lowest BCUT2D eigenvalue weighted by atomic mass is 9.87. The Morgan fingerprint density at radius 1 is 1.26 bits per heavy atom. The molecule has 27 heavy (non-hydrogen) atoms. The van der Waals surface area contributed by atoms with Crippen LogP contribution in [-0.4, -0.2) is 25.1 Å². The first-order valence-electron chi connectivity index (χ1n) is 8.94. The first-order valence-corrected chi connectivity index (χ1v) is 9.82. The van der Waals surface area contributed by atoms with E-state index in [9.17, 15) is 4.79 Å². The fourth-order valence-electron chi connectivity index (χ4n) is 4.11. The SMILES string of the molecule is Cc1cc(C)c(-n2cccn2)c(C2CC(=O)NCc3nc4sccn4c32)c1. The number of benzene rings is 1. The van der Waals surface area contributed by atoms with Crippen LogP contribution in [-0.2, 0) is 11.3 Å². The van der Waals surface area contributed by atoms with E-state index in [1.54, 1.807) is 17.5 Å². The maximum atomic E-state index is 12.5. The van der Waals surface area contributed by atoms with Gasteiger partial charge in [0.25, 0.3) is 0 Å². The standard InChI is InChI=1S/C20H19N5OS/c1-12-8-13(2)18(25-5-3-4-22-25)14(9-12)15-10-17(26)21-11-16-19(15)24-6-7-27-20(24)23-16/h3-9,15H,10-11H2,1-2H3,(H,21,26). The summed E-state index contributed by atoms with van der Waals surface area (Å²) < 4.78 is 4.04. The average Bonchev–Trinajstić information content (AvgIpc) is 3.33. The van der Waals surface area contributed by atoms with Gasteiger partial charge in [-0.1, -0.05) is 17.7 Å². The van der Waals surface area contributed by atoms with Crippen LogP contribution in [0.5, 0.6) is 0 Å². The number of carbonyl (C=O) groups excluding carboxylic acids is 1. The maximum absolute atomic E-state index is 12.5. The van der Waals surface area contributed by atoms with E-state index in [1.165, 1.54) is 5.56 Å². The van der Waals surface area contributed by atoms with E-state index in [0.717, 1.165) is 33.2 Å². The number of nitrogens with one attached hydrogen (secondary N) is 1. The molecule has 1 atom stereocenters. The number of imidazole rings is 1. The van der Waals surface area contributed by atoms with Crippen molar-refractivity contribution in [1.82, 2.24) is 24.5 Å². The maximum Gasteiger partial charge on any atom is 0.221 e. The molecule has 1 N–H and O–H groups in total. The zero-order chi connectivity index (χ0) is 18.5. The first kappa shape index (κ1) is 16.3. The fourth-order valence-corrected chi connectivity index (χ4v) is 4.85. The van der Waals surface area contributed by atoms with Gasteiger partial charge >= 0.3 is 0 Å². The summed E-state index contributed by atoms with van der Waals surface area (Å²) in [6, 6.07) is 6.27. The van der Waals surface area contributed by atoms with Crippen molar-refractivity contribution in [3.05, 3.63) is 70.2 Å². The van der Waals surface area contributed by atoms with Gasteiger partial charge in [0.15, 0.2) is 4.96 Å². The summed E-state index contributed by atoms with van der Waals surface area (Å²) >= 11 is 1.62. The van der Waals surface area contributed by atoms with E-state index in [-0.39, 0.29) is 11.8 Å². The third-order valence-electron chi connectivity index (χ3n) is 5.13. The first-order chi connectivity index (χ1) is 13.1. The Morgan fingerprint density at radius 2 is 2.15 bits per heavy atom.